The number of aromatic nitrogens is 2. The molecule has 0 spiro atoms. The fourth-order valence-corrected chi connectivity index (χ4v) is 3.28. The molecule has 0 fully saturated rings. The summed E-state index contributed by atoms with van der Waals surface area (Å²) in [7, 11) is 0. The molecule has 2 aromatic carbocycles. The third kappa shape index (κ3) is 2.85. The molecule has 1 aliphatic rings. The molecular formula is C20H17N3O2. The number of aromatic amines is 1. The van der Waals surface area contributed by atoms with Crippen LogP contribution in [0.2, 0.25) is 0 Å². The number of anilines is 1. The molecule has 4 rings (SSSR count). The molecule has 5 nitrogen and oxygen atoms in total. The lowest BCUT2D eigenvalue weighted by molar-refractivity contribution is -0.116. The average Bonchev–Trinajstić information content (AvgIpc) is 2.61. The summed E-state index contributed by atoms with van der Waals surface area (Å²) in [5, 5.41) is 2.76. The summed E-state index contributed by atoms with van der Waals surface area (Å²) in [6.45, 7) is 1.99. The van der Waals surface area contributed by atoms with Gasteiger partial charge in [-0.3, -0.25) is 9.59 Å². The zero-order valence-electron chi connectivity index (χ0n) is 13.7. The Labute approximate surface area is 144 Å². The van der Waals surface area contributed by atoms with E-state index in [0.717, 1.165) is 16.7 Å². The smallest absolute Gasteiger partial charge is 0.257 e. The second kappa shape index (κ2) is 6.02. The third-order valence-corrected chi connectivity index (χ3v) is 4.44. The molecule has 25 heavy (non-hydrogen) atoms. The summed E-state index contributed by atoms with van der Waals surface area (Å²) in [6.07, 6.45) is 0.242. The van der Waals surface area contributed by atoms with Crippen LogP contribution in [0, 0.1) is 6.92 Å². The molecule has 2 N–H and O–H groups in total. The molecule has 0 unspecified atom stereocenters. The maximum absolute atomic E-state index is 12.8. The number of carbonyl (C=O) groups is 1. The Balaban J connectivity index is 1.87. The predicted molar refractivity (Wildman–Crippen MR) is 96.6 cm³/mol. The number of hydrogen-bond donors (Lipinski definition) is 2. The highest BCUT2D eigenvalue weighted by atomic mass is 16.2. The van der Waals surface area contributed by atoms with E-state index < -0.39 is 0 Å². The van der Waals surface area contributed by atoms with Crippen LogP contribution in [-0.2, 0) is 4.79 Å². The number of carbonyl (C=O) groups excluding carboxylic acids is 1. The lowest BCUT2D eigenvalue weighted by Gasteiger charge is -2.24. The van der Waals surface area contributed by atoms with Crippen molar-refractivity contribution in [2.45, 2.75) is 19.3 Å². The number of nitrogens with one attached hydrogen (secondary N) is 2. The number of amides is 1. The normalized spacial score (nSPS) is 16.2. The molecule has 3 aromatic rings. The summed E-state index contributed by atoms with van der Waals surface area (Å²) >= 11 is 0. The zero-order valence-corrected chi connectivity index (χ0v) is 13.7. The fourth-order valence-electron chi connectivity index (χ4n) is 3.28. The van der Waals surface area contributed by atoms with Crippen LogP contribution >= 0.6 is 0 Å². The van der Waals surface area contributed by atoms with Gasteiger partial charge in [0.2, 0.25) is 5.91 Å². The number of hydrogen-bond acceptors (Lipinski definition) is 3. The Bertz CT molecular complexity index is 1010. The fraction of sp³-hybridized carbons (Fsp3) is 0.150. The molecule has 0 saturated heterocycles. The number of H-pyrrole nitrogens is 1. The van der Waals surface area contributed by atoms with E-state index in [1.54, 1.807) is 0 Å². The Morgan fingerprint density at radius 3 is 2.60 bits per heavy atom. The van der Waals surface area contributed by atoms with E-state index in [9.17, 15) is 9.59 Å². The minimum Gasteiger partial charge on any atom is -0.310 e. The molecule has 5 heteroatoms. The van der Waals surface area contributed by atoms with Gasteiger partial charge in [-0.2, -0.15) is 0 Å². The van der Waals surface area contributed by atoms with E-state index in [1.807, 2.05) is 61.5 Å². The van der Waals surface area contributed by atoms with Gasteiger partial charge >= 0.3 is 0 Å². The van der Waals surface area contributed by atoms with Crippen LogP contribution in [-0.4, -0.2) is 15.9 Å². The summed E-state index contributed by atoms with van der Waals surface area (Å²) in [6, 6.07) is 17.3. The zero-order chi connectivity index (χ0) is 17.4. The molecule has 1 aromatic heterocycles. The van der Waals surface area contributed by atoms with Gasteiger partial charge in [0.25, 0.3) is 5.56 Å². The van der Waals surface area contributed by atoms with Gasteiger partial charge in [-0.25, -0.2) is 4.98 Å². The van der Waals surface area contributed by atoms with Gasteiger partial charge in [-0.1, -0.05) is 60.2 Å². The van der Waals surface area contributed by atoms with Gasteiger partial charge in [0.05, 0.1) is 5.56 Å². The summed E-state index contributed by atoms with van der Waals surface area (Å²) in [5.74, 6) is 0.390. The van der Waals surface area contributed by atoms with Gasteiger partial charge in [-0.05, 0) is 12.5 Å². The Morgan fingerprint density at radius 2 is 1.84 bits per heavy atom. The van der Waals surface area contributed by atoms with Crippen molar-refractivity contribution in [1.29, 1.82) is 0 Å². The number of benzene rings is 2. The molecule has 0 saturated carbocycles. The van der Waals surface area contributed by atoms with Crippen LogP contribution in [0.3, 0.4) is 0 Å². The number of rotatable bonds is 2. The van der Waals surface area contributed by atoms with Crippen molar-refractivity contribution < 1.29 is 4.79 Å². The Kier molecular flexibility index (Phi) is 3.69. The third-order valence-electron chi connectivity index (χ3n) is 4.44. The molecule has 124 valence electrons. The van der Waals surface area contributed by atoms with Crippen LogP contribution in [0.15, 0.2) is 59.4 Å². The second-order valence-electron chi connectivity index (χ2n) is 6.26. The molecule has 0 aliphatic carbocycles. The van der Waals surface area contributed by atoms with E-state index in [-0.39, 0.29) is 23.8 Å². The molecular weight excluding hydrogens is 314 g/mol. The first-order valence-electron chi connectivity index (χ1n) is 8.18. The largest absolute Gasteiger partial charge is 0.310 e. The highest BCUT2D eigenvalue weighted by Crippen LogP contribution is 2.34. The SMILES string of the molecule is Cc1cccc([C@@H]2CC(=O)Nc3nc(-c4ccccc4)[nH]c(=O)c32)c1. The Morgan fingerprint density at radius 1 is 1.04 bits per heavy atom. The molecule has 0 bridgehead atoms. The van der Waals surface area contributed by atoms with E-state index in [4.69, 9.17) is 0 Å². The van der Waals surface area contributed by atoms with E-state index >= 15 is 0 Å². The van der Waals surface area contributed by atoms with Crippen LogP contribution in [0.4, 0.5) is 5.82 Å². The minimum absolute atomic E-state index is 0.129. The second-order valence-corrected chi connectivity index (χ2v) is 6.26. The highest BCUT2D eigenvalue weighted by Gasteiger charge is 2.31. The van der Waals surface area contributed by atoms with Crippen molar-refractivity contribution in [3.05, 3.63) is 81.6 Å². The first kappa shape index (κ1) is 15.3. The number of fused-ring (bicyclic) bond motifs is 1. The summed E-state index contributed by atoms with van der Waals surface area (Å²) < 4.78 is 0. The lowest BCUT2D eigenvalue weighted by atomic mass is 9.86. The lowest BCUT2D eigenvalue weighted by Crippen LogP contribution is -2.31. The van der Waals surface area contributed by atoms with Crippen molar-refractivity contribution in [3.63, 3.8) is 0 Å². The average molecular weight is 331 g/mol. The summed E-state index contributed by atoms with van der Waals surface area (Å²) in [5.41, 5.74) is 3.15. The van der Waals surface area contributed by atoms with Crippen molar-refractivity contribution in [1.82, 2.24) is 9.97 Å². The van der Waals surface area contributed by atoms with Gasteiger partial charge < -0.3 is 10.3 Å². The van der Waals surface area contributed by atoms with Gasteiger partial charge in [0, 0.05) is 17.9 Å². The molecule has 1 atom stereocenters. The maximum atomic E-state index is 12.8. The topological polar surface area (TPSA) is 74.8 Å². The molecule has 2 heterocycles. The molecule has 1 amide bonds. The van der Waals surface area contributed by atoms with Gasteiger partial charge in [0.15, 0.2) is 0 Å². The van der Waals surface area contributed by atoms with Gasteiger partial charge in [0.1, 0.15) is 11.6 Å². The van der Waals surface area contributed by atoms with E-state index in [2.05, 4.69) is 15.3 Å². The van der Waals surface area contributed by atoms with E-state index in [0.29, 0.717) is 17.2 Å². The highest BCUT2D eigenvalue weighted by molar-refractivity contribution is 5.94. The van der Waals surface area contributed by atoms with E-state index in [1.165, 1.54) is 0 Å². The van der Waals surface area contributed by atoms with Crippen molar-refractivity contribution in [2.24, 2.45) is 0 Å². The first-order chi connectivity index (χ1) is 12.1. The minimum atomic E-state index is -0.287. The van der Waals surface area contributed by atoms with Crippen LogP contribution in [0.5, 0.6) is 0 Å². The van der Waals surface area contributed by atoms with Crippen molar-refractivity contribution >= 4 is 11.7 Å². The predicted octanol–water partition coefficient (Wildman–Crippen LogP) is 3.22. The van der Waals surface area contributed by atoms with Gasteiger partial charge in [-0.15, -0.1) is 0 Å². The maximum Gasteiger partial charge on any atom is 0.257 e. The quantitative estimate of drug-likeness (QED) is 0.757. The summed E-state index contributed by atoms with van der Waals surface area (Å²) in [4.78, 5) is 32.3. The van der Waals surface area contributed by atoms with Crippen LogP contribution in [0.25, 0.3) is 11.4 Å². The van der Waals surface area contributed by atoms with Crippen molar-refractivity contribution in [2.75, 3.05) is 5.32 Å². The standard InChI is InChI=1S/C20H17N3O2/c1-12-6-5-9-14(10-12)15-11-16(24)21-19-17(15)20(25)23-18(22-19)13-7-3-2-4-8-13/h2-10,15H,11H2,1H3,(H2,21,22,23,24,25)/t15-/m0/s1. The first-order valence-corrected chi connectivity index (χ1v) is 8.18. The van der Waals surface area contributed by atoms with Crippen LogP contribution < -0.4 is 10.9 Å². The molecule has 0 radical (unpaired) electrons. The molecule has 1 aliphatic heterocycles. The number of nitrogens with zero attached hydrogens (tertiary/aromatic N) is 1. The monoisotopic (exact) mass is 331 g/mol. The number of aryl methyl sites for hydroxylation is 1. The van der Waals surface area contributed by atoms with Crippen molar-refractivity contribution in [3.8, 4) is 11.4 Å². The van der Waals surface area contributed by atoms with Crippen LogP contribution in [0.1, 0.15) is 29.0 Å². The Hall–Kier alpha value is -3.21.